The summed E-state index contributed by atoms with van der Waals surface area (Å²) in [6.45, 7) is 0.428. The molecule has 0 spiro atoms. The number of carbonyl (C=O) groups is 1. The molecule has 0 radical (unpaired) electrons. The Hall–Kier alpha value is -4.48. The van der Waals surface area contributed by atoms with Crippen molar-refractivity contribution in [1.82, 2.24) is 25.2 Å². The number of hydrogen-bond donors (Lipinski definition) is 1. The molecule has 0 aliphatic rings. The van der Waals surface area contributed by atoms with Gasteiger partial charge in [0.15, 0.2) is 22.5 Å². The van der Waals surface area contributed by atoms with E-state index in [4.69, 9.17) is 9.47 Å². The van der Waals surface area contributed by atoms with Gasteiger partial charge in [0.2, 0.25) is 0 Å². The zero-order valence-electron chi connectivity index (χ0n) is 22.0. The number of carbonyl (C=O) groups excluding carboxylic acids is 1. The third-order valence-electron chi connectivity index (χ3n) is 5.80. The van der Waals surface area contributed by atoms with E-state index in [1.54, 1.807) is 31.8 Å². The zero-order chi connectivity index (χ0) is 28.4. The molecule has 0 fully saturated rings. The van der Waals surface area contributed by atoms with Crippen LogP contribution < -0.4 is 14.9 Å². The Labute approximate surface area is 249 Å². The second-order valence-electron chi connectivity index (χ2n) is 8.63. The number of ether oxygens (including phenoxy) is 2. The van der Waals surface area contributed by atoms with Crippen LogP contribution in [0.15, 0.2) is 112 Å². The lowest BCUT2D eigenvalue weighted by Gasteiger charge is -2.11. The maximum absolute atomic E-state index is 12.6. The molecule has 9 nitrogen and oxygen atoms in total. The molecule has 1 amide bonds. The number of aromatic nitrogens is 4. The standard InChI is InChI=1S/C30H25BrN6O3S/c1-39-27-16-22(9-14-26(27)40-19-21-6-3-2-4-7-21)17-33-34-28(38)20-41-30-36-35-29(23-8-5-15-32-18-23)37(30)25-12-10-24(31)11-13-25/h2-18H,19-20H2,1H3,(H,34,38). The lowest BCUT2D eigenvalue weighted by molar-refractivity contribution is -0.118. The Kier molecular flexibility index (Phi) is 9.40. The topological polar surface area (TPSA) is 104 Å². The summed E-state index contributed by atoms with van der Waals surface area (Å²) in [6.07, 6.45) is 4.98. The van der Waals surface area contributed by atoms with E-state index in [0.29, 0.717) is 29.1 Å². The molecule has 1 N–H and O–H groups in total. The Bertz CT molecular complexity index is 1630. The summed E-state index contributed by atoms with van der Waals surface area (Å²) in [7, 11) is 1.58. The number of thioether (sulfide) groups is 1. The molecule has 3 aromatic carbocycles. The van der Waals surface area contributed by atoms with Gasteiger partial charge in [-0.05, 0) is 65.7 Å². The molecule has 0 saturated heterocycles. The molecule has 0 atom stereocenters. The largest absolute Gasteiger partial charge is 0.493 e. The van der Waals surface area contributed by atoms with E-state index in [0.717, 1.165) is 26.9 Å². The highest BCUT2D eigenvalue weighted by molar-refractivity contribution is 9.10. The molecule has 0 saturated carbocycles. The van der Waals surface area contributed by atoms with Crippen molar-refractivity contribution in [1.29, 1.82) is 0 Å². The van der Waals surface area contributed by atoms with Gasteiger partial charge in [-0.2, -0.15) is 5.10 Å². The summed E-state index contributed by atoms with van der Waals surface area (Å²) in [5, 5.41) is 13.4. The first-order valence-corrected chi connectivity index (χ1v) is 14.3. The smallest absolute Gasteiger partial charge is 0.250 e. The molecule has 11 heteroatoms. The Morgan fingerprint density at radius 3 is 2.61 bits per heavy atom. The Morgan fingerprint density at radius 1 is 1.02 bits per heavy atom. The van der Waals surface area contributed by atoms with E-state index in [1.807, 2.05) is 83.4 Å². The number of amides is 1. The van der Waals surface area contributed by atoms with Gasteiger partial charge in [0.1, 0.15) is 6.61 Å². The molecule has 2 heterocycles. The van der Waals surface area contributed by atoms with E-state index < -0.39 is 0 Å². The van der Waals surface area contributed by atoms with Gasteiger partial charge in [-0.3, -0.25) is 14.3 Å². The predicted octanol–water partition coefficient (Wildman–Crippen LogP) is 5.92. The number of methoxy groups -OCH3 is 1. The van der Waals surface area contributed by atoms with Crippen LogP contribution in [0.5, 0.6) is 11.5 Å². The van der Waals surface area contributed by atoms with Crippen molar-refractivity contribution >= 4 is 39.8 Å². The minimum atomic E-state index is -0.283. The van der Waals surface area contributed by atoms with Crippen LogP contribution in [-0.4, -0.2) is 44.7 Å². The van der Waals surface area contributed by atoms with E-state index in [9.17, 15) is 4.79 Å². The number of nitrogens with zero attached hydrogens (tertiary/aromatic N) is 5. The van der Waals surface area contributed by atoms with Gasteiger partial charge in [-0.25, -0.2) is 5.43 Å². The van der Waals surface area contributed by atoms with Gasteiger partial charge in [0.25, 0.3) is 5.91 Å². The molecule has 0 aliphatic carbocycles. The first-order valence-electron chi connectivity index (χ1n) is 12.5. The molecule has 206 valence electrons. The summed E-state index contributed by atoms with van der Waals surface area (Å²) in [6, 6.07) is 26.9. The number of halogens is 1. The third-order valence-corrected chi connectivity index (χ3v) is 7.26. The third kappa shape index (κ3) is 7.38. The average molecular weight is 630 g/mol. The fraction of sp³-hybridized carbons (Fsp3) is 0.100. The summed E-state index contributed by atoms with van der Waals surface area (Å²) < 4.78 is 14.2. The van der Waals surface area contributed by atoms with Crippen molar-refractivity contribution in [3.8, 4) is 28.6 Å². The summed E-state index contributed by atoms with van der Waals surface area (Å²) in [4.78, 5) is 16.8. The van der Waals surface area contributed by atoms with Gasteiger partial charge < -0.3 is 9.47 Å². The predicted molar refractivity (Wildman–Crippen MR) is 163 cm³/mol. The van der Waals surface area contributed by atoms with E-state index in [-0.39, 0.29) is 11.7 Å². The van der Waals surface area contributed by atoms with Gasteiger partial charge in [0, 0.05) is 28.1 Å². The molecule has 0 bridgehead atoms. The molecular weight excluding hydrogens is 604 g/mol. The van der Waals surface area contributed by atoms with Crippen molar-refractivity contribution in [3.63, 3.8) is 0 Å². The second-order valence-corrected chi connectivity index (χ2v) is 10.5. The van der Waals surface area contributed by atoms with Gasteiger partial charge >= 0.3 is 0 Å². The monoisotopic (exact) mass is 628 g/mol. The highest BCUT2D eigenvalue weighted by atomic mass is 79.9. The maximum atomic E-state index is 12.6. The summed E-state index contributed by atoms with van der Waals surface area (Å²) in [5.41, 5.74) is 6.06. The normalized spacial score (nSPS) is 11.0. The van der Waals surface area contributed by atoms with Crippen LogP contribution in [-0.2, 0) is 11.4 Å². The quantitative estimate of drug-likeness (QED) is 0.110. The molecule has 0 unspecified atom stereocenters. The number of rotatable bonds is 11. The molecule has 5 aromatic rings. The SMILES string of the molecule is COc1cc(C=NNC(=O)CSc2nnc(-c3cccnc3)n2-c2ccc(Br)cc2)ccc1OCc1ccccc1. The molecule has 41 heavy (non-hydrogen) atoms. The van der Waals surface area contributed by atoms with Gasteiger partial charge in [0.05, 0.1) is 19.1 Å². The van der Waals surface area contributed by atoms with E-state index in [1.165, 1.54) is 11.8 Å². The summed E-state index contributed by atoms with van der Waals surface area (Å²) in [5.74, 6) is 1.63. The average Bonchev–Trinajstić information content (AvgIpc) is 3.44. The molecule has 0 aliphatic heterocycles. The fourth-order valence-electron chi connectivity index (χ4n) is 3.83. The van der Waals surface area contributed by atoms with Crippen LogP contribution in [0.2, 0.25) is 0 Å². The number of nitrogens with one attached hydrogen (secondary N) is 1. The van der Waals surface area contributed by atoms with E-state index >= 15 is 0 Å². The Balaban J connectivity index is 1.22. The first kappa shape index (κ1) is 28.1. The van der Waals surface area contributed by atoms with E-state index in [2.05, 4.69) is 41.6 Å². The van der Waals surface area contributed by atoms with Crippen LogP contribution in [0.4, 0.5) is 0 Å². The highest BCUT2D eigenvalue weighted by Gasteiger charge is 2.17. The van der Waals surface area contributed by atoms with Crippen molar-refractivity contribution in [2.45, 2.75) is 11.8 Å². The fourth-order valence-corrected chi connectivity index (χ4v) is 4.84. The number of hydrazone groups is 1. The van der Waals surface area contributed by atoms with Crippen LogP contribution in [0.1, 0.15) is 11.1 Å². The van der Waals surface area contributed by atoms with Crippen molar-refractivity contribution in [2.75, 3.05) is 12.9 Å². The van der Waals surface area contributed by atoms with Crippen molar-refractivity contribution < 1.29 is 14.3 Å². The zero-order valence-corrected chi connectivity index (χ0v) is 24.4. The first-order chi connectivity index (χ1) is 20.1. The highest BCUT2D eigenvalue weighted by Crippen LogP contribution is 2.29. The molecular formula is C30H25BrN6O3S. The summed E-state index contributed by atoms with van der Waals surface area (Å²) >= 11 is 4.74. The lowest BCUT2D eigenvalue weighted by atomic mass is 10.2. The van der Waals surface area contributed by atoms with Crippen LogP contribution in [0, 0.1) is 0 Å². The van der Waals surface area contributed by atoms with Crippen molar-refractivity contribution in [3.05, 3.63) is 113 Å². The lowest BCUT2D eigenvalue weighted by Crippen LogP contribution is -2.20. The van der Waals surface area contributed by atoms with Crippen molar-refractivity contribution in [2.24, 2.45) is 5.10 Å². The number of hydrogen-bond acceptors (Lipinski definition) is 8. The minimum Gasteiger partial charge on any atom is -0.493 e. The Morgan fingerprint density at radius 2 is 1.85 bits per heavy atom. The van der Waals surface area contributed by atoms with Crippen LogP contribution in [0.3, 0.4) is 0 Å². The minimum absolute atomic E-state index is 0.0919. The van der Waals surface area contributed by atoms with Gasteiger partial charge in [-0.15, -0.1) is 10.2 Å². The second kappa shape index (κ2) is 13.7. The van der Waals surface area contributed by atoms with Gasteiger partial charge in [-0.1, -0.05) is 58.0 Å². The molecule has 2 aromatic heterocycles. The van der Waals surface area contributed by atoms with Crippen LogP contribution in [0.25, 0.3) is 17.1 Å². The number of benzene rings is 3. The number of pyridine rings is 1. The van der Waals surface area contributed by atoms with Crippen LogP contribution >= 0.6 is 27.7 Å². The maximum Gasteiger partial charge on any atom is 0.250 e. The molecule has 5 rings (SSSR count).